The zero-order chi connectivity index (χ0) is 12.1. The molecule has 1 radical (unpaired) electrons. The van der Waals surface area contributed by atoms with Crippen LogP contribution in [0.2, 0.25) is 0 Å². The Balaban J connectivity index is 1.99. The van der Waals surface area contributed by atoms with Crippen molar-refractivity contribution >= 4 is 6.21 Å². The summed E-state index contributed by atoms with van der Waals surface area (Å²) in [6.07, 6.45) is 4.43. The summed E-state index contributed by atoms with van der Waals surface area (Å²) in [5.74, 6) is 0. The van der Waals surface area contributed by atoms with Crippen molar-refractivity contribution in [2.45, 2.75) is 38.2 Å². The number of hydrogen-bond acceptors (Lipinski definition) is 2. The van der Waals surface area contributed by atoms with E-state index < -0.39 is 6.43 Å². The third-order valence-electron chi connectivity index (χ3n) is 2.87. The van der Waals surface area contributed by atoms with E-state index in [4.69, 9.17) is 4.84 Å². The lowest BCUT2D eigenvalue weighted by Gasteiger charge is -2.06. The Morgan fingerprint density at radius 2 is 1.94 bits per heavy atom. The lowest BCUT2D eigenvalue weighted by atomic mass is 10.1. The van der Waals surface area contributed by atoms with Crippen LogP contribution in [-0.2, 0) is 4.84 Å². The Hall–Kier alpha value is -1.45. The van der Waals surface area contributed by atoms with Gasteiger partial charge in [-0.25, -0.2) is 8.78 Å². The third-order valence-corrected chi connectivity index (χ3v) is 2.87. The molecule has 2 nitrogen and oxygen atoms in total. The van der Waals surface area contributed by atoms with Gasteiger partial charge in [-0.15, -0.1) is 0 Å². The van der Waals surface area contributed by atoms with Crippen molar-refractivity contribution in [1.29, 1.82) is 0 Å². The number of benzene rings is 1. The van der Waals surface area contributed by atoms with Crippen LogP contribution in [0, 0.1) is 0 Å². The molecule has 0 unspecified atom stereocenters. The molecule has 0 heterocycles. The first-order valence-corrected chi connectivity index (χ1v) is 5.76. The van der Waals surface area contributed by atoms with E-state index in [1.807, 2.05) is 0 Å². The number of halogens is 2. The monoisotopic (exact) mass is 238 g/mol. The van der Waals surface area contributed by atoms with Gasteiger partial charge in [-0.1, -0.05) is 29.4 Å². The smallest absolute Gasteiger partial charge is 0.264 e. The molecule has 0 N–H and O–H groups in total. The first-order valence-electron chi connectivity index (χ1n) is 5.76. The average Bonchev–Trinajstić information content (AvgIpc) is 2.82. The zero-order valence-electron chi connectivity index (χ0n) is 9.40. The molecule has 17 heavy (non-hydrogen) atoms. The molecule has 0 saturated heterocycles. The fraction of sp³-hybridized carbons (Fsp3) is 0.462. The minimum Gasteiger partial charge on any atom is -0.392 e. The highest BCUT2D eigenvalue weighted by Gasteiger charge is 2.16. The van der Waals surface area contributed by atoms with E-state index in [1.54, 1.807) is 18.2 Å². The highest BCUT2D eigenvalue weighted by molar-refractivity contribution is 5.81. The lowest BCUT2D eigenvalue weighted by molar-refractivity contribution is 0.0657. The van der Waals surface area contributed by atoms with Gasteiger partial charge in [-0.2, -0.15) is 0 Å². The summed E-state index contributed by atoms with van der Waals surface area (Å²) in [6.45, 7) is 0. The maximum absolute atomic E-state index is 12.6. The summed E-state index contributed by atoms with van der Waals surface area (Å²) in [4.78, 5) is 5.21. The van der Waals surface area contributed by atoms with Crippen LogP contribution in [-0.4, -0.2) is 12.3 Å². The van der Waals surface area contributed by atoms with Crippen molar-refractivity contribution < 1.29 is 13.6 Å². The minimum absolute atomic E-state index is 0.0636. The highest BCUT2D eigenvalue weighted by atomic mass is 19.3. The van der Waals surface area contributed by atoms with E-state index in [-0.39, 0.29) is 11.7 Å². The summed E-state index contributed by atoms with van der Waals surface area (Å²) in [6, 6.07) is 6.19. The SMILES string of the molecule is FC(F)c1ccccc1/[C]=N/OC1CCCC1. The van der Waals surface area contributed by atoms with Crippen LogP contribution in [0.3, 0.4) is 0 Å². The fourth-order valence-corrected chi connectivity index (χ4v) is 1.93. The molecule has 1 saturated carbocycles. The van der Waals surface area contributed by atoms with Crippen molar-refractivity contribution in [2.24, 2.45) is 5.16 Å². The van der Waals surface area contributed by atoms with Crippen molar-refractivity contribution in [1.82, 2.24) is 0 Å². The first kappa shape index (κ1) is 12.0. The number of hydrogen-bond donors (Lipinski definition) is 0. The van der Waals surface area contributed by atoms with E-state index in [0.29, 0.717) is 5.56 Å². The normalized spacial score (nSPS) is 17.1. The Bertz CT molecular complexity index is 387. The molecule has 4 heteroatoms. The van der Waals surface area contributed by atoms with E-state index in [9.17, 15) is 8.78 Å². The maximum Gasteiger partial charge on any atom is 0.264 e. The molecular formula is C13H14F2NO. The Kier molecular flexibility index (Phi) is 4.07. The molecule has 0 bridgehead atoms. The van der Waals surface area contributed by atoms with E-state index >= 15 is 0 Å². The molecule has 1 aromatic carbocycles. The maximum atomic E-state index is 12.6. The molecule has 0 aromatic heterocycles. The second-order valence-electron chi connectivity index (χ2n) is 4.10. The van der Waals surface area contributed by atoms with Crippen LogP contribution in [0.5, 0.6) is 0 Å². The molecule has 0 amide bonds. The van der Waals surface area contributed by atoms with Gasteiger partial charge in [0.25, 0.3) is 6.43 Å². The third kappa shape index (κ3) is 3.25. The largest absolute Gasteiger partial charge is 0.392 e. The molecule has 91 valence electrons. The van der Waals surface area contributed by atoms with Crippen LogP contribution in [0.25, 0.3) is 0 Å². The summed E-state index contributed by atoms with van der Waals surface area (Å²) < 4.78 is 25.3. The van der Waals surface area contributed by atoms with Crippen molar-refractivity contribution in [3.8, 4) is 0 Å². The van der Waals surface area contributed by atoms with Gasteiger partial charge in [0.15, 0.2) is 0 Å². The van der Waals surface area contributed by atoms with Gasteiger partial charge in [0.2, 0.25) is 0 Å². The fourth-order valence-electron chi connectivity index (χ4n) is 1.93. The Morgan fingerprint density at radius 1 is 1.24 bits per heavy atom. The second kappa shape index (κ2) is 5.75. The van der Waals surface area contributed by atoms with Crippen LogP contribution < -0.4 is 0 Å². The molecular weight excluding hydrogens is 224 g/mol. The predicted molar refractivity (Wildman–Crippen MR) is 61.3 cm³/mol. The first-order chi connectivity index (χ1) is 8.27. The molecule has 0 aliphatic heterocycles. The lowest BCUT2D eigenvalue weighted by Crippen LogP contribution is -2.03. The summed E-state index contributed by atoms with van der Waals surface area (Å²) in [5, 5.41) is 3.68. The molecule has 1 aromatic rings. The van der Waals surface area contributed by atoms with Gasteiger partial charge >= 0.3 is 0 Å². The van der Waals surface area contributed by atoms with Crippen LogP contribution in [0.1, 0.15) is 43.2 Å². The summed E-state index contributed by atoms with van der Waals surface area (Å²) in [5.41, 5.74) is 0.228. The molecule has 0 spiro atoms. The van der Waals surface area contributed by atoms with Gasteiger partial charge in [-0.05, 0) is 25.7 Å². The summed E-state index contributed by atoms with van der Waals surface area (Å²) >= 11 is 0. The van der Waals surface area contributed by atoms with E-state index in [1.165, 1.54) is 6.07 Å². The molecule has 1 aliphatic carbocycles. The van der Waals surface area contributed by atoms with Crippen molar-refractivity contribution in [3.63, 3.8) is 0 Å². The van der Waals surface area contributed by atoms with Gasteiger partial charge in [-0.3, -0.25) is 0 Å². The van der Waals surface area contributed by atoms with E-state index in [0.717, 1.165) is 25.7 Å². The van der Waals surface area contributed by atoms with Crippen molar-refractivity contribution in [3.05, 3.63) is 35.4 Å². The van der Waals surface area contributed by atoms with Crippen LogP contribution in [0.15, 0.2) is 29.4 Å². The van der Waals surface area contributed by atoms with Crippen LogP contribution >= 0.6 is 0 Å². The van der Waals surface area contributed by atoms with Crippen LogP contribution in [0.4, 0.5) is 8.78 Å². The predicted octanol–water partition coefficient (Wildman–Crippen LogP) is 3.79. The minimum atomic E-state index is -2.51. The molecule has 1 aliphatic rings. The number of nitrogens with zero attached hydrogens (tertiary/aromatic N) is 1. The number of alkyl halides is 2. The van der Waals surface area contributed by atoms with Gasteiger partial charge in [0.1, 0.15) is 12.3 Å². The molecule has 2 rings (SSSR count). The quantitative estimate of drug-likeness (QED) is 0.577. The van der Waals surface area contributed by atoms with E-state index in [2.05, 4.69) is 11.4 Å². The average molecular weight is 238 g/mol. The van der Waals surface area contributed by atoms with Gasteiger partial charge in [0.05, 0.1) is 0 Å². The Labute approximate surface area is 99.3 Å². The number of rotatable bonds is 4. The summed E-state index contributed by atoms with van der Waals surface area (Å²) in [7, 11) is 0. The van der Waals surface area contributed by atoms with Crippen molar-refractivity contribution in [2.75, 3.05) is 0 Å². The highest BCUT2D eigenvalue weighted by Crippen LogP contribution is 2.23. The topological polar surface area (TPSA) is 21.6 Å². The zero-order valence-corrected chi connectivity index (χ0v) is 9.40. The molecule has 1 fully saturated rings. The Morgan fingerprint density at radius 3 is 2.65 bits per heavy atom. The van der Waals surface area contributed by atoms with Gasteiger partial charge < -0.3 is 4.84 Å². The van der Waals surface area contributed by atoms with Gasteiger partial charge in [0, 0.05) is 11.1 Å². The second-order valence-corrected chi connectivity index (χ2v) is 4.10. The molecule has 0 atom stereocenters. The standard InChI is InChI=1S/C13H14F2NO/c14-13(15)12-8-4-1-5-10(12)9-16-17-11-6-2-3-7-11/h1,4-5,8,11,13H,2-3,6-7H2.